The molecule has 3 aromatic carbocycles. The maximum absolute atomic E-state index is 13.5. The minimum absolute atomic E-state index is 0.0249. The van der Waals surface area contributed by atoms with E-state index in [-0.39, 0.29) is 29.0 Å². The Kier molecular flexibility index (Phi) is 8.10. The fourth-order valence-electron chi connectivity index (χ4n) is 3.56. The lowest BCUT2D eigenvalue weighted by Crippen LogP contribution is -2.24. The van der Waals surface area contributed by atoms with E-state index in [0.29, 0.717) is 17.1 Å². The molecule has 0 fully saturated rings. The molecule has 0 aliphatic rings. The number of amides is 2. The zero-order valence-corrected chi connectivity index (χ0v) is 20.7. The van der Waals surface area contributed by atoms with Gasteiger partial charge in [0.05, 0.1) is 23.5 Å². The third-order valence-electron chi connectivity index (χ3n) is 5.31. The van der Waals surface area contributed by atoms with Gasteiger partial charge in [0.15, 0.2) is 11.0 Å². The first-order valence-electron chi connectivity index (χ1n) is 11.3. The summed E-state index contributed by atoms with van der Waals surface area (Å²) in [4.78, 5) is 25.1. The molecule has 0 saturated heterocycles. The smallest absolute Gasteiger partial charge is 0.345 e. The van der Waals surface area contributed by atoms with E-state index in [1.165, 1.54) is 47.0 Å². The Morgan fingerprint density at radius 1 is 0.974 bits per heavy atom. The summed E-state index contributed by atoms with van der Waals surface area (Å²) in [6, 6.07) is 17.1. The number of benzene rings is 3. The van der Waals surface area contributed by atoms with E-state index in [1.807, 2.05) is 13.0 Å². The first-order valence-corrected chi connectivity index (χ1v) is 12.2. The highest BCUT2D eigenvalue weighted by Crippen LogP contribution is 2.34. The zero-order chi connectivity index (χ0) is 27.3. The summed E-state index contributed by atoms with van der Waals surface area (Å²) in [5.41, 5.74) is 0.538. The van der Waals surface area contributed by atoms with Crippen LogP contribution in [-0.2, 0) is 17.5 Å². The van der Waals surface area contributed by atoms with Gasteiger partial charge in [0.25, 0.3) is 5.91 Å². The van der Waals surface area contributed by atoms with E-state index in [1.54, 1.807) is 18.2 Å². The molecule has 0 spiro atoms. The van der Waals surface area contributed by atoms with Crippen molar-refractivity contribution in [3.05, 3.63) is 101 Å². The Morgan fingerprint density at radius 2 is 1.71 bits per heavy atom. The predicted molar refractivity (Wildman–Crippen MR) is 134 cm³/mol. The SMILES string of the molecule is Cc1cccc(C(=O)NCc2nnc(SCC(=O)Nc3ccccc3C(F)(F)F)n2-c2ccc(F)cc2)c1. The van der Waals surface area contributed by atoms with Gasteiger partial charge in [-0.15, -0.1) is 10.2 Å². The second-order valence-corrected chi connectivity index (χ2v) is 9.09. The summed E-state index contributed by atoms with van der Waals surface area (Å²) >= 11 is 0.930. The summed E-state index contributed by atoms with van der Waals surface area (Å²) in [7, 11) is 0. The molecule has 0 bridgehead atoms. The van der Waals surface area contributed by atoms with Crippen LogP contribution in [0.2, 0.25) is 0 Å². The summed E-state index contributed by atoms with van der Waals surface area (Å²) < 4.78 is 54.8. The summed E-state index contributed by atoms with van der Waals surface area (Å²) in [5, 5.41) is 13.5. The molecule has 38 heavy (non-hydrogen) atoms. The van der Waals surface area contributed by atoms with Crippen molar-refractivity contribution in [2.75, 3.05) is 11.1 Å². The molecule has 0 aliphatic carbocycles. The molecule has 1 aromatic heterocycles. The van der Waals surface area contributed by atoms with Gasteiger partial charge >= 0.3 is 6.18 Å². The molecule has 1 heterocycles. The van der Waals surface area contributed by atoms with E-state index >= 15 is 0 Å². The number of nitrogens with zero attached hydrogens (tertiary/aromatic N) is 3. The molecule has 12 heteroatoms. The van der Waals surface area contributed by atoms with Crippen molar-refractivity contribution in [3.8, 4) is 5.69 Å². The molecule has 2 amide bonds. The lowest BCUT2D eigenvalue weighted by atomic mass is 10.1. The van der Waals surface area contributed by atoms with Gasteiger partial charge in [0, 0.05) is 11.3 Å². The highest BCUT2D eigenvalue weighted by Gasteiger charge is 2.33. The number of thioether (sulfide) groups is 1. The Balaban J connectivity index is 1.51. The zero-order valence-electron chi connectivity index (χ0n) is 19.9. The summed E-state index contributed by atoms with van der Waals surface area (Å²) in [5.74, 6) is -1.45. The fourth-order valence-corrected chi connectivity index (χ4v) is 4.33. The van der Waals surface area contributed by atoms with E-state index in [2.05, 4.69) is 20.8 Å². The lowest BCUT2D eigenvalue weighted by molar-refractivity contribution is -0.137. The number of carbonyl (C=O) groups is 2. The molecule has 0 unspecified atom stereocenters. The molecule has 2 N–H and O–H groups in total. The van der Waals surface area contributed by atoms with Gasteiger partial charge in [-0.1, -0.05) is 41.6 Å². The van der Waals surface area contributed by atoms with Gasteiger partial charge < -0.3 is 10.6 Å². The normalized spacial score (nSPS) is 11.3. The van der Waals surface area contributed by atoms with Crippen molar-refractivity contribution in [2.24, 2.45) is 0 Å². The summed E-state index contributed by atoms with van der Waals surface area (Å²) in [6.07, 6.45) is -4.63. The van der Waals surface area contributed by atoms with Gasteiger partial charge in [0.1, 0.15) is 5.82 Å². The van der Waals surface area contributed by atoms with Crippen molar-refractivity contribution < 1.29 is 27.2 Å². The number of nitrogens with one attached hydrogen (secondary N) is 2. The van der Waals surface area contributed by atoms with Crippen molar-refractivity contribution in [2.45, 2.75) is 24.8 Å². The van der Waals surface area contributed by atoms with Gasteiger partial charge in [-0.25, -0.2) is 4.39 Å². The van der Waals surface area contributed by atoms with Crippen molar-refractivity contribution in [1.29, 1.82) is 0 Å². The van der Waals surface area contributed by atoms with E-state index in [9.17, 15) is 27.2 Å². The number of anilines is 1. The number of aromatic nitrogens is 3. The van der Waals surface area contributed by atoms with Crippen molar-refractivity contribution >= 4 is 29.3 Å². The number of rotatable bonds is 8. The molecule has 0 aliphatic heterocycles. The third-order valence-corrected chi connectivity index (χ3v) is 6.24. The molecule has 0 radical (unpaired) electrons. The van der Waals surface area contributed by atoms with E-state index < -0.39 is 23.5 Å². The van der Waals surface area contributed by atoms with Crippen LogP contribution < -0.4 is 10.6 Å². The van der Waals surface area contributed by atoms with Crippen molar-refractivity contribution in [3.63, 3.8) is 0 Å². The Morgan fingerprint density at radius 3 is 2.42 bits per heavy atom. The second kappa shape index (κ2) is 11.5. The third kappa shape index (κ3) is 6.57. The molecule has 0 atom stereocenters. The van der Waals surface area contributed by atoms with Crippen LogP contribution in [0, 0.1) is 12.7 Å². The first-order chi connectivity index (χ1) is 18.1. The maximum atomic E-state index is 13.5. The second-order valence-electron chi connectivity index (χ2n) is 8.14. The standard InChI is InChI=1S/C26H21F4N5O2S/c1-16-5-4-6-17(13-16)24(37)31-14-22-33-34-25(35(22)19-11-9-18(27)10-12-19)38-15-23(36)32-21-8-3-2-7-20(21)26(28,29)30/h2-13H,14-15H2,1H3,(H,31,37)(H,32,36). The molecule has 0 saturated carbocycles. The van der Waals surface area contributed by atoms with Crippen LogP contribution in [-0.4, -0.2) is 32.3 Å². The van der Waals surface area contributed by atoms with Crippen molar-refractivity contribution in [1.82, 2.24) is 20.1 Å². The van der Waals surface area contributed by atoms with Gasteiger partial charge in [-0.2, -0.15) is 13.2 Å². The minimum atomic E-state index is -4.63. The van der Waals surface area contributed by atoms with Crippen LogP contribution in [0.25, 0.3) is 5.69 Å². The van der Waals surface area contributed by atoms with Gasteiger partial charge in [-0.3, -0.25) is 14.2 Å². The van der Waals surface area contributed by atoms with E-state index in [4.69, 9.17) is 0 Å². The highest BCUT2D eigenvalue weighted by atomic mass is 32.2. The molecular formula is C26H21F4N5O2S. The number of hydrogen-bond acceptors (Lipinski definition) is 5. The Labute approximate surface area is 219 Å². The molecule has 196 valence electrons. The quantitative estimate of drug-likeness (QED) is 0.230. The monoisotopic (exact) mass is 543 g/mol. The molecule has 7 nitrogen and oxygen atoms in total. The molecule has 4 rings (SSSR count). The van der Waals surface area contributed by atoms with E-state index in [0.717, 1.165) is 23.4 Å². The fraction of sp³-hybridized carbons (Fsp3) is 0.154. The number of hydrogen-bond donors (Lipinski definition) is 2. The maximum Gasteiger partial charge on any atom is 0.418 e. The highest BCUT2D eigenvalue weighted by molar-refractivity contribution is 7.99. The minimum Gasteiger partial charge on any atom is -0.345 e. The molecular weight excluding hydrogens is 522 g/mol. The number of carbonyl (C=O) groups excluding carboxylic acids is 2. The van der Waals surface area contributed by atoms with Crippen LogP contribution in [0.5, 0.6) is 0 Å². The van der Waals surface area contributed by atoms with Gasteiger partial charge in [0.2, 0.25) is 5.91 Å². The van der Waals surface area contributed by atoms with Crippen LogP contribution in [0.4, 0.5) is 23.2 Å². The van der Waals surface area contributed by atoms with Crippen LogP contribution >= 0.6 is 11.8 Å². The number of aryl methyl sites for hydroxylation is 1. The lowest BCUT2D eigenvalue weighted by Gasteiger charge is -2.14. The molecule has 4 aromatic rings. The van der Waals surface area contributed by atoms with Crippen LogP contribution in [0.3, 0.4) is 0 Å². The average molecular weight is 544 g/mol. The average Bonchev–Trinajstić information content (AvgIpc) is 3.29. The Hall–Kier alpha value is -4.19. The predicted octanol–water partition coefficient (Wildman–Crippen LogP) is 5.39. The number of halogens is 4. The first kappa shape index (κ1) is 26.9. The topological polar surface area (TPSA) is 88.9 Å². The Bertz CT molecular complexity index is 1450. The van der Waals surface area contributed by atoms with Crippen LogP contribution in [0.15, 0.2) is 78.0 Å². The number of para-hydroxylation sites is 1. The summed E-state index contributed by atoms with van der Waals surface area (Å²) in [6.45, 7) is 1.84. The van der Waals surface area contributed by atoms with Crippen LogP contribution in [0.1, 0.15) is 27.3 Å². The largest absolute Gasteiger partial charge is 0.418 e. The van der Waals surface area contributed by atoms with Gasteiger partial charge in [-0.05, 0) is 55.5 Å². The number of alkyl halides is 3.